The van der Waals surface area contributed by atoms with Gasteiger partial charge in [0.15, 0.2) is 11.5 Å². The molecule has 4 rings (SSSR count). The summed E-state index contributed by atoms with van der Waals surface area (Å²) < 4.78 is 27.6. The first-order chi connectivity index (χ1) is 18.4. The van der Waals surface area contributed by atoms with Crippen LogP contribution in [0.1, 0.15) is 11.1 Å². The number of rotatable bonds is 11. The number of thioether (sulfide) groups is 1. The van der Waals surface area contributed by atoms with Gasteiger partial charge < -0.3 is 28.5 Å². The second-order valence-electron chi connectivity index (χ2n) is 7.68. The van der Waals surface area contributed by atoms with Crippen LogP contribution in [0.2, 0.25) is 5.02 Å². The zero-order valence-corrected chi connectivity index (χ0v) is 22.2. The smallest absolute Gasteiger partial charge is 0.342 e. The normalized spacial score (nSPS) is 11.2. The minimum atomic E-state index is -1.16. The first-order valence-corrected chi connectivity index (χ1v) is 12.3. The number of aromatic nitrogens is 2. The fourth-order valence-corrected chi connectivity index (χ4v) is 4.21. The molecule has 0 unspecified atom stereocenters. The Morgan fingerprint density at radius 1 is 0.974 bits per heavy atom. The summed E-state index contributed by atoms with van der Waals surface area (Å²) in [7, 11) is 4.57. The third kappa shape index (κ3) is 6.58. The summed E-state index contributed by atoms with van der Waals surface area (Å²) in [6, 6.07) is 17.6. The van der Waals surface area contributed by atoms with Crippen LogP contribution in [0.4, 0.5) is 0 Å². The Morgan fingerprint density at radius 3 is 2.37 bits per heavy atom. The SMILES string of the molecule is COc1cc(OC)cc(-c2nnc(S/C(=C\c3ccc(OCc4ccccc4Cl)c(OC)c3)C(=O)O)o2)c1. The van der Waals surface area contributed by atoms with Gasteiger partial charge in [-0.1, -0.05) is 35.9 Å². The van der Waals surface area contributed by atoms with Crippen molar-refractivity contribution < 1.29 is 33.3 Å². The van der Waals surface area contributed by atoms with E-state index in [1.807, 2.05) is 18.2 Å². The Balaban J connectivity index is 1.53. The number of aliphatic carboxylic acids is 1. The van der Waals surface area contributed by atoms with Gasteiger partial charge in [-0.2, -0.15) is 0 Å². The van der Waals surface area contributed by atoms with Crippen LogP contribution < -0.4 is 18.9 Å². The van der Waals surface area contributed by atoms with Crippen molar-refractivity contribution in [1.82, 2.24) is 10.2 Å². The van der Waals surface area contributed by atoms with Gasteiger partial charge in [0, 0.05) is 22.2 Å². The Morgan fingerprint density at radius 2 is 1.71 bits per heavy atom. The fourth-order valence-electron chi connectivity index (χ4n) is 3.34. The summed E-state index contributed by atoms with van der Waals surface area (Å²) in [5.41, 5.74) is 1.98. The van der Waals surface area contributed by atoms with Crippen LogP contribution in [0.15, 0.2) is 75.2 Å². The largest absolute Gasteiger partial charge is 0.497 e. The number of carboxylic acids is 1. The molecule has 1 aromatic heterocycles. The van der Waals surface area contributed by atoms with E-state index < -0.39 is 5.97 Å². The van der Waals surface area contributed by atoms with E-state index in [9.17, 15) is 9.90 Å². The molecular weight excluding hydrogens is 532 g/mol. The number of nitrogens with zero attached hydrogens (tertiary/aromatic N) is 2. The maximum atomic E-state index is 12.0. The van der Waals surface area contributed by atoms with Crippen molar-refractivity contribution in [2.24, 2.45) is 0 Å². The average Bonchev–Trinajstić information content (AvgIpc) is 3.41. The molecule has 9 nitrogen and oxygen atoms in total. The van der Waals surface area contributed by atoms with E-state index in [2.05, 4.69) is 10.2 Å². The third-order valence-electron chi connectivity index (χ3n) is 5.24. The Hall–Kier alpha value is -4.15. The Bertz CT molecular complexity index is 1450. The van der Waals surface area contributed by atoms with E-state index >= 15 is 0 Å². The van der Waals surface area contributed by atoms with Crippen molar-refractivity contribution in [2.45, 2.75) is 11.8 Å². The third-order valence-corrected chi connectivity index (χ3v) is 6.46. The molecule has 0 radical (unpaired) electrons. The predicted molar refractivity (Wildman–Crippen MR) is 143 cm³/mol. The van der Waals surface area contributed by atoms with Crippen molar-refractivity contribution in [1.29, 1.82) is 0 Å². The molecule has 38 heavy (non-hydrogen) atoms. The molecule has 0 fully saturated rings. The summed E-state index contributed by atoms with van der Waals surface area (Å²) in [6.07, 6.45) is 1.48. The first kappa shape index (κ1) is 26.9. The second kappa shape index (κ2) is 12.4. The minimum absolute atomic E-state index is 0.0322. The number of halogens is 1. The van der Waals surface area contributed by atoms with Gasteiger partial charge in [0.25, 0.3) is 5.22 Å². The predicted octanol–water partition coefficient (Wildman–Crippen LogP) is 6.21. The summed E-state index contributed by atoms with van der Waals surface area (Å²) in [4.78, 5) is 12.0. The van der Waals surface area contributed by atoms with Crippen LogP contribution in [0, 0.1) is 0 Å². The molecular formula is C27H23ClN2O7S. The van der Waals surface area contributed by atoms with Gasteiger partial charge in [0.2, 0.25) is 5.89 Å². The van der Waals surface area contributed by atoms with Gasteiger partial charge in [-0.25, -0.2) is 4.79 Å². The zero-order chi connectivity index (χ0) is 27.1. The summed E-state index contributed by atoms with van der Waals surface area (Å²) >= 11 is 7.03. The first-order valence-electron chi connectivity index (χ1n) is 11.1. The summed E-state index contributed by atoms with van der Waals surface area (Å²) in [6.45, 7) is 0.250. The highest BCUT2D eigenvalue weighted by atomic mass is 35.5. The van der Waals surface area contributed by atoms with Crippen LogP contribution in [0.25, 0.3) is 17.5 Å². The summed E-state index contributed by atoms with van der Waals surface area (Å²) in [5.74, 6) is 1.06. The molecule has 0 aliphatic rings. The van der Waals surface area contributed by atoms with E-state index in [1.54, 1.807) is 42.5 Å². The number of carbonyl (C=O) groups is 1. The lowest BCUT2D eigenvalue weighted by molar-refractivity contribution is -0.131. The van der Waals surface area contributed by atoms with E-state index in [-0.39, 0.29) is 22.6 Å². The van der Waals surface area contributed by atoms with Crippen LogP contribution in [-0.4, -0.2) is 42.6 Å². The minimum Gasteiger partial charge on any atom is -0.497 e. The van der Waals surface area contributed by atoms with E-state index in [0.717, 1.165) is 17.3 Å². The maximum Gasteiger partial charge on any atom is 0.342 e. The van der Waals surface area contributed by atoms with Crippen LogP contribution in [-0.2, 0) is 11.4 Å². The summed E-state index contributed by atoms with van der Waals surface area (Å²) in [5, 5.41) is 18.5. The molecule has 11 heteroatoms. The fraction of sp³-hybridized carbons (Fsp3) is 0.148. The van der Waals surface area contributed by atoms with Gasteiger partial charge in [0.1, 0.15) is 23.0 Å². The van der Waals surface area contributed by atoms with E-state index in [0.29, 0.717) is 39.1 Å². The zero-order valence-electron chi connectivity index (χ0n) is 20.6. The Labute approximate surface area is 228 Å². The van der Waals surface area contributed by atoms with E-state index in [1.165, 1.54) is 27.4 Å². The molecule has 4 aromatic rings. The quantitative estimate of drug-likeness (QED) is 0.169. The van der Waals surface area contributed by atoms with Gasteiger partial charge in [-0.3, -0.25) is 0 Å². The van der Waals surface area contributed by atoms with Gasteiger partial charge >= 0.3 is 5.97 Å². The van der Waals surface area contributed by atoms with Gasteiger partial charge in [-0.05, 0) is 53.7 Å². The van der Waals surface area contributed by atoms with Crippen molar-refractivity contribution in [3.63, 3.8) is 0 Å². The highest BCUT2D eigenvalue weighted by Crippen LogP contribution is 2.35. The highest BCUT2D eigenvalue weighted by molar-refractivity contribution is 8.03. The topological polar surface area (TPSA) is 113 Å². The molecule has 0 amide bonds. The number of carboxylic acid groups (broad SMARTS) is 1. The Kier molecular flexibility index (Phi) is 8.77. The second-order valence-corrected chi connectivity index (χ2v) is 9.08. The molecule has 0 aliphatic carbocycles. The lowest BCUT2D eigenvalue weighted by Crippen LogP contribution is -1.99. The molecule has 3 aromatic carbocycles. The molecule has 196 valence electrons. The van der Waals surface area contributed by atoms with Crippen molar-refractivity contribution in [3.05, 3.63) is 81.7 Å². The molecule has 1 N–H and O–H groups in total. The van der Waals surface area contributed by atoms with Crippen LogP contribution in [0.3, 0.4) is 0 Å². The molecule has 0 atom stereocenters. The molecule has 0 spiro atoms. The molecule has 0 aliphatic heterocycles. The highest BCUT2D eigenvalue weighted by Gasteiger charge is 2.18. The van der Waals surface area contributed by atoms with Crippen LogP contribution in [0.5, 0.6) is 23.0 Å². The average molecular weight is 555 g/mol. The number of hydrogen-bond donors (Lipinski definition) is 1. The van der Waals surface area contributed by atoms with Crippen molar-refractivity contribution >= 4 is 35.4 Å². The van der Waals surface area contributed by atoms with Crippen molar-refractivity contribution in [2.75, 3.05) is 21.3 Å². The lowest BCUT2D eigenvalue weighted by Gasteiger charge is -2.12. The van der Waals surface area contributed by atoms with Gasteiger partial charge in [0.05, 0.1) is 21.3 Å². The van der Waals surface area contributed by atoms with Crippen molar-refractivity contribution in [3.8, 4) is 34.5 Å². The lowest BCUT2D eigenvalue weighted by atomic mass is 10.2. The number of ether oxygens (including phenoxy) is 4. The number of benzene rings is 3. The monoisotopic (exact) mass is 554 g/mol. The van der Waals surface area contributed by atoms with Crippen LogP contribution >= 0.6 is 23.4 Å². The maximum absolute atomic E-state index is 12.0. The van der Waals surface area contributed by atoms with Gasteiger partial charge in [-0.15, -0.1) is 10.2 Å². The van der Waals surface area contributed by atoms with E-state index in [4.69, 9.17) is 35.0 Å². The molecule has 1 heterocycles. The standard InChI is InChI=1S/C27H23ClN2O7S/c1-33-19-12-18(13-20(14-19)34-2)25-29-30-27(37-25)38-24(26(31)32)11-16-8-9-22(23(10-16)35-3)36-15-17-6-4-5-7-21(17)28/h4-14H,15H2,1-3H3,(H,31,32)/b24-11-. The number of hydrogen-bond acceptors (Lipinski definition) is 9. The number of methoxy groups -OCH3 is 3. The molecule has 0 bridgehead atoms. The molecule has 0 saturated carbocycles. The molecule has 0 saturated heterocycles.